The van der Waals surface area contributed by atoms with E-state index in [0.717, 1.165) is 20.5 Å². The summed E-state index contributed by atoms with van der Waals surface area (Å²) in [6, 6.07) is 13.8. The molecule has 0 aliphatic carbocycles. The van der Waals surface area contributed by atoms with Gasteiger partial charge in [0, 0.05) is 4.47 Å². The molecule has 3 aromatic rings. The molecule has 2 N–H and O–H groups in total. The largest absolute Gasteiger partial charge is 0.493 e. The van der Waals surface area contributed by atoms with E-state index in [9.17, 15) is 19.2 Å². The number of methoxy groups -OCH3 is 1. The number of hydrogen-bond donors (Lipinski definition) is 2. The van der Waals surface area contributed by atoms with Crippen LogP contribution in [0, 0.1) is 10.5 Å². The minimum Gasteiger partial charge on any atom is -0.493 e. The molecule has 4 amide bonds. The molecule has 0 aromatic heterocycles. The number of hydrogen-bond acceptors (Lipinski definition) is 6. The van der Waals surface area contributed by atoms with Gasteiger partial charge in [-0.25, -0.2) is 14.5 Å². The topological polar surface area (TPSA) is 122 Å². The van der Waals surface area contributed by atoms with E-state index in [2.05, 4.69) is 43.8 Å². The summed E-state index contributed by atoms with van der Waals surface area (Å²) >= 11 is 5.45. The van der Waals surface area contributed by atoms with Crippen molar-refractivity contribution in [3.8, 4) is 11.5 Å². The zero-order valence-corrected chi connectivity index (χ0v) is 23.8. The van der Waals surface area contributed by atoms with E-state index in [4.69, 9.17) is 14.6 Å². The number of nitrogens with zero attached hydrogens (tertiary/aromatic N) is 1. The van der Waals surface area contributed by atoms with Crippen LogP contribution in [0.25, 0.3) is 6.08 Å². The van der Waals surface area contributed by atoms with Crippen molar-refractivity contribution in [2.24, 2.45) is 0 Å². The van der Waals surface area contributed by atoms with Crippen molar-refractivity contribution in [2.75, 3.05) is 12.0 Å². The minimum atomic E-state index is -1.01. The molecule has 11 heteroatoms. The molecule has 3 aromatic carbocycles. The van der Waals surface area contributed by atoms with Crippen molar-refractivity contribution >= 4 is 74.1 Å². The number of aryl methyl sites for hydroxylation is 1. The lowest BCUT2D eigenvalue weighted by Crippen LogP contribution is -2.54. The molecule has 1 saturated heterocycles. The summed E-state index contributed by atoms with van der Waals surface area (Å²) in [6.07, 6.45) is 1.39. The van der Waals surface area contributed by atoms with Gasteiger partial charge in [-0.2, -0.15) is 0 Å². The van der Waals surface area contributed by atoms with E-state index in [0.29, 0.717) is 26.3 Å². The summed E-state index contributed by atoms with van der Waals surface area (Å²) in [5.41, 5.74) is 2.36. The Balaban J connectivity index is 1.61. The predicted molar refractivity (Wildman–Crippen MR) is 151 cm³/mol. The molecule has 0 saturated carbocycles. The summed E-state index contributed by atoms with van der Waals surface area (Å²) < 4.78 is 12.9. The Morgan fingerprint density at radius 1 is 1.11 bits per heavy atom. The van der Waals surface area contributed by atoms with Crippen molar-refractivity contribution in [2.45, 2.75) is 13.5 Å². The molecule has 38 heavy (non-hydrogen) atoms. The summed E-state index contributed by atoms with van der Waals surface area (Å²) in [4.78, 5) is 50.3. The molecule has 9 nitrogen and oxygen atoms in total. The Hall–Kier alpha value is -3.71. The fraction of sp³-hybridized carbons (Fsp3) is 0.111. The summed E-state index contributed by atoms with van der Waals surface area (Å²) in [5.74, 6) is -1.75. The quantitative estimate of drug-likeness (QED) is 0.196. The number of carbonyl (C=O) groups excluding carboxylic acids is 3. The first-order chi connectivity index (χ1) is 18.1. The average Bonchev–Trinajstić information content (AvgIpc) is 2.87. The second kappa shape index (κ2) is 11.4. The van der Waals surface area contributed by atoms with Crippen LogP contribution in [-0.2, 0) is 16.2 Å². The van der Waals surface area contributed by atoms with Gasteiger partial charge in [-0.3, -0.25) is 14.9 Å². The maximum absolute atomic E-state index is 13.2. The standard InChI is InChI=1S/C27H20BrIN2O7/c1-14-9-18(7-8-20(14)28)31-25(33)19(24(32)30-27(31)36)10-16-11-21(29)23(22(12-16)37-2)38-13-15-3-5-17(6-4-15)26(34)35/h3-12H,13H2,1-2H3,(H,34,35)(H,30,32,36)/b19-10+. The van der Waals surface area contributed by atoms with Crippen LogP contribution in [0.5, 0.6) is 11.5 Å². The van der Waals surface area contributed by atoms with E-state index in [-0.39, 0.29) is 17.7 Å². The molecule has 0 atom stereocenters. The maximum atomic E-state index is 13.2. The molecule has 1 fully saturated rings. The van der Waals surface area contributed by atoms with Crippen LogP contribution in [0.1, 0.15) is 27.0 Å². The first-order valence-corrected chi connectivity index (χ1v) is 13.0. The van der Waals surface area contributed by atoms with Gasteiger partial charge in [0.1, 0.15) is 12.2 Å². The SMILES string of the molecule is COc1cc(/C=C2\C(=O)NC(=O)N(c3ccc(Br)c(C)c3)C2=O)cc(I)c1OCc1ccc(C(=O)O)cc1. The molecule has 0 radical (unpaired) electrons. The van der Waals surface area contributed by atoms with Crippen LogP contribution in [-0.4, -0.2) is 36.0 Å². The molecule has 1 heterocycles. The second-order valence-electron chi connectivity index (χ2n) is 8.22. The molecule has 0 bridgehead atoms. The predicted octanol–water partition coefficient (Wildman–Crippen LogP) is 5.31. The molecule has 1 aliphatic rings. The highest BCUT2D eigenvalue weighted by molar-refractivity contribution is 14.1. The summed E-state index contributed by atoms with van der Waals surface area (Å²) in [7, 11) is 1.46. The summed E-state index contributed by atoms with van der Waals surface area (Å²) in [5, 5.41) is 11.3. The summed E-state index contributed by atoms with van der Waals surface area (Å²) in [6.45, 7) is 1.99. The molecule has 4 rings (SSSR count). The number of carboxylic acid groups (broad SMARTS) is 1. The van der Waals surface area contributed by atoms with Gasteiger partial charge >= 0.3 is 12.0 Å². The fourth-order valence-electron chi connectivity index (χ4n) is 3.69. The van der Waals surface area contributed by atoms with Crippen LogP contribution < -0.4 is 19.7 Å². The number of nitrogens with one attached hydrogen (secondary N) is 1. The van der Waals surface area contributed by atoms with Gasteiger partial charge in [0.05, 0.1) is 21.9 Å². The molecule has 194 valence electrons. The fourth-order valence-corrected chi connectivity index (χ4v) is 4.72. The minimum absolute atomic E-state index is 0.164. The maximum Gasteiger partial charge on any atom is 0.335 e. The number of urea groups is 1. The number of imide groups is 2. The number of carboxylic acids is 1. The zero-order valence-electron chi connectivity index (χ0n) is 20.1. The number of aromatic carboxylic acids is 1. The smallest absolute Gasteiger partial charge is 0.335 e. The number of amides is 4. The Kier molecular flexibility index (Phi) is 8.17. The van der Waals surface area contributed by atoms with Gasteiger partial charge in [0.2, 0.25) is 0 Å². The number of rotatable bonds is 7. The third-order valence-corrected chi connectivity index (χ3v) is 7.34. The molecule has 0 spiro atoms. The van der Waals surface area contributed by atoms with Crippen molar-refractivity contribution in [3.63, 3.8) is 0 Å². The number of ether oxygens (including phenoxy) is 2. The monoisotopic (exact) mass is 690 g/mol. The molecular formula is C27H20BrIN2O7. The molecule has 0 unspecified atom stereocenters. The lowest BCUT2D eigenvalue weighted by atomic mass is 10.1. The van der Waals surface area contributed by atoms with Gasteiger partial charge in [-0.1, -0.05) is 28.1 Å². The van der Waals surface area contributed by atoms with E-state index >= 15 is 0 Å². The highest BCUT2D eigenvalue weighted by Gasteiger charge is 2.37. The lowest BCUT2D eigenvalue weighted by Gasteiger charge is -2.26. The second-order valence-corrected chi connectivity index (χ2v) is 10.2. The van der Waals surface area contributed by atoms with E-state index in [1.165, 1.54) is 25.3 Å². The number of barbiturate groups is 1. The normalized spacial score (nSPS) is 14.5. The van der Waals surface area contributed by atoms with Crippen LogP contribution in [0.15, 0.2) is 64.6 Å². The Labute approximate surface area is 239 Å². The van der Waals surface area contributed by atoms with Crippen LogP contribution in [0.2, 0.25) is 0 Å². The third kappa shape index (κ3) is 5.73. The highest BCUT2D eigenvalue weighted by Crippen LogP contribution is 2.36. The Morgan fingerprint density at radius 2 is 1.82 bits per heavy atom. The van der Waals surface area contributed by atoms with Gasteiger partial charge in [0.25, 0.3) is 11.8 Å². The van der Waals surface area contributed by atoms with Crippen molar-refractivity contribution < 1.29 is 33.8 Å². The van der Waals surface area contributed by atoms with Gasteiger partial charge in [0.15, 0.2) is 11.5 Å². The average molecular weight is 691 g/mol. The third-order valence-electron chi connectivity index (χ3n) is 5.65. The Bertz CT molecular complexity index is 1500. The van der Waals surface area contributed by atoms with Crippen LogP contribution >= 0.6 is 38.5 Å². The first kappa shape index (κ1) is 27.3. The van der Waals surface area contributed by atoms with Crippen molar-refractivity contribution in [1.82, 2.24) is 5.32 Å². The van der Waals surface area contributed by atoms with Gasteiger partial charge in [-0.05, 0) is 94.7 Å². The first-order valence-electron chi connectivity index (χ1n) is 11.1. The van der Waals surface area contributed by atoms with Crippen molar-refractivity contribution in [1.29, 1.82) is 0 Å². The van der Waals surface area contributed by atoms with E-state index < -0.39 is 23.8 Å². The highest BCUT2D eigenvalue weighted by atomic mass is 127. The Morgan fingerprint density at radius 3 is 2.45 bits per heavy atom. The number of carbonyl (C=O) groups is 4. The van der Waals surface area contributed by atoms with Crippen LogP contribution in [0.4, 0.5) is 10.5 Å². The molecule has 1 aliphatic heterocycles. The van der Waals surface area contributed by atoms with E-state index in [1.54, 1.807) is 42.5 Å². The number of anilines is 1. The van der Waals surface area contributed by atoms with Gasteiger partial charge < -0.3 is 14.6 Å². The van der Waals surface area contributed by atoms with Crippen molar-refractivity contribution in [3.05, 3.63) is 90.5 Å². The number of benzene rings is 3. The lowest BCUT2D eigenvalue weighted by molar-refractivity contribution is -0.122. The molecular weight excluding hydrogens is 671 g/mol. The van der Waals surface area contributed by atoms with Crippen LogP contribution in [0.3, 0.4) is 0 Å². The van der Waals surface area contributed by atoms with Gasteiger partial charge in [-0.15, -0.1) is 0 Å². The zero-order chi connectivity index (χ0) is 27.6. The van der Waals surface area contributed by atoms with E-state index in [1.807, 2.05) is 6.92 Å². The number of halogens is 2.